The minimum atomic E-state index is -0.239. The first kappa shape index (κ1) is 17.0. The van der Waals surface area contributed by atoms with Crippen LogP contribution in [0.1, 0.15) is 21.1 Å². The molecule has 4 aromatic rings. The van der Waals surface area contributed by atoms with Crippen molar-refractivity contribution in [3.05, 3.63) is 57.5 Å². The maximum Gasteiger partial charge on any atom is 0.261 e. The van der Waals surface area contributed by atoms with Crippen molar-refractivity contribution in [2.45, 2.75) is 13.3 Å². The number of hydrogen-bond donors (Lipinski definition) is 3. The average Bonchev–Trinajstić information content (AvgIpc) is 3.28. The van der Waals surface area contributed by atoms with E-state index >= 15 is 0 Å². The highest BCUT2D eigenvalue weighted by molar-refractivity contribution is 7.20. The molecule has 4 rings (SSSR count). The van der Waals surface area contributed by atoms with Gasteiger partial charge in [0.15, 0.2) is 5.82 Å². The number of carbonyl (C=O) groups excluding carboxylic acids is 1. The number of pyridine rings is 1. The molecular weight excluding hydrogens is 366 g/mol. The van der Waals surface area contributed by atoms with E-state index in [9.17, 15) is 9.59 Å². The van der Waals surface area contributed by atoms with Crippen molar-refractivity contribution < 1.29 is 4.79 Å². The Hall–Kier alpha value is -3.40. The van der Waals surface area contributed by atoms with Crippen molar-refractivity contribution in [2.24, 2.45) is 0 Å². The van der Waals surface area contributed by atoms with E-state index in [0.29, 0.717) is 45.3 Å². The van der Waals surface area contributed by atoms with Gasteiger partial charge in [0, 0.05) is 30.9 Å². The maximum absolute atomic E-state index is 12.5. The number of aryl methyl sites for hydroxylation is 1. The standard InChI is InChI=1S/C17H15N7O2S/c1-9-12-15(25)20-8-21-17(12)27-13(9)16(26)19-6-4-11-22-14(24-23-11)10-3-2-5-18-7-10/h2-3,5,7-8H,4,6H2,1H3,(H,19,26)(H,20,21,25)(H,22,23,24). The molecule has 4 heterocycles. The van der Waals surface area contributed by atoms with Gasteiger partial charge in [-0.1, -0.05) is 0 Å². The van der Waals surface area contributed by atoms with Crippen LogP contribution in [-0.4, -0.2) is 42.6 Å². The molecule has 0 bridgehead atoms. The number of aromatic amines is 2. The van der Waals surface area contributed by atoms with Crippen LogP contribution in [-0.2, 0) is 6.42 Å². The molecule has 0 aliphatic heterocycles. The quantitative estimate of drug-likeness (QED) is 0.480. The van der Waals surface area contributed by atoms with Crippen molar-refractivity contribution in [1.29, 1.82) is 0 Å². The Labute approximate surface area is 156 Å². The van der Waals surface area contributed by atoms with Crippen LogP contribution in [0.25, 0.3) is 21.6 Å². The van der Waals surface area contributed by atoms with Crippen molar-refractivity contribution in [3.8, 4) is 11.4 Å². The van der Waals surface area contributed by atoms with E-state index < -0.39 is 0 Å². The first-order valence-corrected chi connectivity index (χ1v) is 9.02. The third-order valence-corrected chi connectivity index (χ3v) is 5.24. The lowest BCUT2D eigenvalue weighted by Gasteiger charge is -2.02. The lowest BCUT2D eigenvalue weighted by Crippen LogP contribution is -2.25. The van der Waals surface area contributed by atoms with Crippen LogP contribution in [0.3, 0.4) is 0 Å². The summed E-state index contributed by atoms with van der Waals surface area (Å²) in [4.78, 5) is 40.5. The molecule has 1 amide bonds. The van der Waals surface area contributed by atoms with E-state index in [1.807, 2.05) is 12.1 Å². The summed E-state index contributed by atoms with van der Waals surface area (Å²) in [6.45, 7) is 2.14. The van der Waals surface area contributed by atoms with E-state index in [1.54, 1.807) is 19.3 Å². The van der Waals surface area contributed by atoms with Crippen LogP contribution in [0.4, 0.5) is 0 Å². The van der Waals surface area contributed by atoms with E-state index in [2.05, 4.69) is 35.5 Å². The van der Waals surface area contributed by atoms with Crippen LogP contribution in [0, 0.1) is 6.92 Å². The van der Waals surface area contributed by atoms with E-state index in [1.165, 1.54) is 17.7 Å². The van der Waals surface area contributed by atoms with Gasteiger partial charge in [-0.3, -0.25) is 19.7 Å². The number of fused-ring (bicyclic) bond motifs is 1. The van der Waals surface area contributed by atoms with Gasteiger partial charge in [-0.2, -0.15) is 5.10 Å². The second kappa shape index (κ2) is 7.08. The second-order valence-electron chi connectivity index (χ2n) is 5.82. The van der Waals surface area contributed by atoms with Gasteiger partial charge in [0.25, 0.3) is 11.5 Å². The Morgan fingerprint density at radius 1 is 1.37 bits per heavy atom. The first-order valence-electron chi connectivity index (χ1n) is 8.20. The number of thiophene rings is 1. The van der Waals surface area contributed by atoms with E-state index in [0.717, 1.165) is 5.56 Å². The number of amides is 1. The van der Waals surface area contributed by atoms with Crippen molar-refractivity contribution >= 4 is 27.5 Å². The molecule has 9 nitrogen and oxygen atoms in total. The molecule has 0 aromatic carbocycles. The highest BCUT2D eigenvalue weighted by Crippen LogP contribution is 2.26. The number of H-pyrrole nitrogens is 2. The molecule has 0 unspecified atom stereocenters. The largest absolute Gasteiger partial charge is 0.351 e. The zero-order chi connectivity index (χ0) is 18.8. The molecule has 27 heavy (non-hydrogen) atoms. The number of nitrogens with one attached hydrogen (secondary N) is 3. The number of rotatable bonds is 5. The van der Waals surface area contributed by atoms with Crippen molar-refractivity contribution in [2.75, 3.05) is 6.54 Å². The summed E-state index contributed by atoms with van der Waals surface area (Å²) < 4.78 is 0. The summed E-state index contributed by atoms with van der Waals surface area (Å²) in [6, 6.07) is 3.69. The van der Waals surface area contributed by atoms with Crippen LogP contribution in [0.5, 0.6) is 0 Å². The molecule has 0 saturated carbocycles. The summed E-state index contributed by atoms with van der Waals surface area (Å²) in [7, 11) is 0. The summed E-state index contributed by atoms with van der Waals surface area (Å²) in [5.41, 5.74) is 1.22. The zero-order valence-electron chi connectivity index (χ0n) is 14.3. The summed E-state index contributed by atoms with van der Waals surface area (Å²) in [5.74, 6) is 0.998. The highest BCUT2D eigenvalue weighted by atomic mass is 32.1. The molecule has 0 fully saturated rings. The fraction of sp³-hybridized carbons (Fsp3) is 0.176. The Kier molecular flexibility index (Phi) is 4.47. The molecule has 3 N–H and O–H groups in total. The Balaban J connectivity index is 1.42. The summed E-state index contributed by atoms with van der Waals surface area (Å²) in [6.07, 6.45) is 5.22. The molecule has 4 aromatic heterocycles. The minimum Gasteiger partial charge on any atom is -0.351 e. The monoisotopic (exact) mass is 381 g/mol. The SMILES string of the molecule is Cc1c(C(=O)NCCc2nc(-c3cccnc3)n[nH]2)sc2nc[nH]c(=O)c12. The third-order valence-electron chi connectivity index (χ3n) is 4.04. The molecule has 0 radical (unpaired) electrons. The number of aromatic nitrogens is 6. The number of nitrogens with zero attached hydrogens (tertiary/aromatic N) is 4. The van der Waals surface area contributed by atoms with Gasteiger partial charge < -0.3 is 10.3 Å². The Morgan fingerprint density at radius 3 is 3.04 bits per heavy atom. The lowest BCUT2D eigenvalue weighted by molar-refractivity contribution is 0.0957. The van der Waals surface area contributed by atoms with Gasteiger partial charge in [-0.05, 0) is 24.6 Å². The van der Waals surface area contributed by atoms with Crippen LogP contribution < -0.4 is 10.9 Å². The van der Waals surface area contributed by atoms with Crippen LogP contribution in [0.15, 0.2) is 35.6 Å². The van der Waals surface area contributed by atoms with Gasteiger partial charge in [-0.15, -0.1) is 11.3 Å². The van der Waals surface area contributed by atoms with Gasteiger partial charge in [0.1, 0.15) is 10.7 Å². The van der Waals surface area contributed by atoms with Gasteiger partial charge in [-0.25, -0.2) is 9.97 Å². The smallest absolute Gasteiger partial charge is 0.261 e. The molecule has 0 spiro atoms. The molecule has 10 heteroatoms. The Morgan fingerprint density at radius 2 is 2.26 bits per heavy atom. The molecular formula is C17H15N7O2S. The topological polar surface area (TPSA) is 129 Å². The van der Waals surface area contributed by atoms with Gasteiger partial charge in [0.2, 0.25) is 0 Å². The van der Waals surface area contributed by atoms with Crippen molar-refractivity contribution in [3.63, 3.8) is 0 Å². The third kappa shape index (κ3) is 3.34. The highest BCUT2D eigenvalue weighted by Gasteiger charge is 2.18. The Bertz CT molecular complexity index is 1160. The summed E-state index contributed by atoms with van der Waals surface area (Å²) in [5, 5.41) is 10.3. The number of carbonyl (C=O) groups is 1. The normalized spacial score (nSPS) is 11.0. The molecule has 0 aliphatic rings. The first-order chi connectivity index (χ1) is 13.1. The van der Waals surface area contributed by atoms with Gasteiger partial charge in [0.05, 0.1) is 16.6 Å². The lowest BCUT2D eigenvalue weighted by atomic mass is 10.2. The number of hydrogen-bond acceptors (Lipinski definition) is 7. The predicted molar refractivity (Wildman–Crippen MR) is 101 cm³/mol. The predicted octanol–water partition coefficient (Wildman–Crippen LogP) is 1.45. The molecule has 136 valence electrons. The van der Waals surface area contributed by atoms with E-state index in [4.69, 9.17) is 0 Å². The van der Waals surface area contributed by atoms with Crippen LogP contribution in [0.2, 0.25) is 0 Å². The van der Waals surface area contributed by atoms with Crippen LogP contribution >= 0.6 is 11.3 Å². The average molecular weight is 381 g/mol. The zero-order valence-corrected chi connectivity index (χ0v) is 15.1. The molecule has 0 aliphatic carbocycles. The second-order valence-corrected chi connectivity index (χ2v) is 6.82. The summed E-state index contributed by atoms with van der Waals surface area (Å²) >= 11 is 1.21. The van der Waals surface area contributed by atoms with E-state index in [-0.39, 0.29) is 11.5 Å². The molecule has 0 saturated heterocycles. The maximum atomic E-state index is 12.5. The fourth-order valence-corrected chi connectivity index (χ4v) is 3.77. The van der Waals surface area contributed by atoms with Crippen molar-refractivity contribution in [1.82, 2.24) is 35.5 Å². The fourth-order valence-electron chi connectivity index (χ4n) is 2.70. The molecule has 0 atom stereocenters. The minimum absolute atomic E-state index is 0.234. The van der Waals surface area contributed by atoms with Gasteiger partial charge >= 0.3 is 0 Å².